The minimum atomic E-state index is -0.238. The maximum atomic E-state index is 11.2. The van der Waals surface area contributed by atoms with E-state index in [1.54, 1.807) is 0 Å². The van der Waals surface area contributed by atoms with Crippen LogP contribution < -0.4 is 11.3 Å². The molecular formula is C11H11N3O. The fourth-order valence-electron chi connectivity index (χ4n) is 1.35. The molecule has 4 heteroatoms. The van der Waals surface area contributed by atoms with Crippen molar-refractivity contribution >= 4 is 5.95 Å². The van der Waals surface area contributed by atoms with Gasteiger partial charge in [-0.25, -0.2) is 4.98 Å². The number of anilines is 1. The van der Waals surface area contributed by atoms with Crippen LogP contribution in [0.3, 0.4) is 0 Å². The molecule has 0 aliphatic carbocycles. The lowest BCUT2D eigenvalue weighted by Gasteiger charge is -2.01. The van der Waals surface area contributed by atoms with Crippen molar-refractivity contribution in [3.05, 3.63) is 46.2 Å². The number of hydrogen-bond acceptors (Lipinski definition) is 3. The molecule has 2 aromatic rings. The van der Waals surface area contributed by atoms with E-state index < -0.39 is 0 Å². The number of hydrogen-bond donors (Lipinski definition) is 2. The average molecular weight is 201 g/mol. The number of benzene rings is 1. The number of H-pyrrole nitrogens is 1. The Morgan fingerprint density at radius 1 is 1.27 bits per heavy atom. The van der Waals surface area contributed by atoms with Gasteiger partial charge in [0.25, 0.3) is 5.56 Å². The molecule has 0 saturated carbocycles. The third kappa shape index (κ3) is 2.04. The summed E-state index contributed by atoms with van der Waals surface area (Å²) >= 11 is 0. The van der Waals surface area contributed by atoms with Crippen molar-refractivity contribution in [2.24, 2.45) is 0 Å². The van der Waals surface area contributed by atoms with Gasteiger partial charge in [-0.2, -0.15) is 0 Å². The summed E-state index contributed by atoms with van der Waals surface area (Å²) in [7, 11) is 0. The zero-order chi connectivity index (χ0) is 10.8. The lowest BCUT2D eigenvalue weighted by molar-refractivity contribution is 1.14. The first-order chi connectivity index (χ1) is 7.15. The van der Waals surface area contributed by atoms with Gasteiger partial charge in [0.15, 0.2) is 0 Å². The van der Waals surface area contributed by atoms with E-state index in [1.165, 1.54) is 6.07 Å². The van der Waals surface area contributed by atoms with Crippen LogP contribution in [0, 0.1) is 6.92 Å². The predicted molar refractivity (Wildman–Crippen MR) is 59.4 cm³/mol. The van der Waals surface area contributed by atoms with Crippen molar-refractivity contribution in [1.29, 1.82) is 0 Å². The molecule has 4 nitrogen and oxygen atoms in total. The zero-order valence-electron chi connectivity index (χ0n) is 8.32. The van der Waals surface area contributed by atoms with Crippen molar-refractivity contribution in [1.82, 2.24) is 9.97 Å². The highest BCUT2D eigenvalue weighted by molar-refractivity contribution is 5.59. The normalized spacial score (nSPS) is 10.2. The van der Waals surface area contributed by atoms with Crippen molar-refractivity contribution in [2.75, 3.05) is 5.73 Å². The Morgan fingerprint density at radius 3 is 2.53 bits per heavy atom. The number of aromatic nitrogens is 2. The van der Waals surface area contributed by atoms with E-state index in [1.807, 2.05) is 31.2 Å². The van der Waals surface area contributed by atoms with Gasteiger partial charge in [0.2, 0.25) is 5.95 Å². The highest BCUT2D eigenvalue weighted by Crippen LogP contribution is 2.15. The van der Waals surface area contributed by atoms with Crippen LogP contribution in [0.4, 0.5) is 5.95 Å². The number of aromatic amines is 1. The highest BCUT2D eigenvalue weighted by Gasteiger charge is 2.01. The molecular weight excluding hydrogens is 190 g/mol. The molecule has 2 rings (SSSR count). The third-order valence-electron chi connectivity index (χ3n) is 2.11. The summed E-state index contributed by atoms with van der Waals surface area (Å²) in [4.78, 5) is 17.6. The second-order valence-electron chi connectivity index (χ2n) is 3.38. The van der Waals surface area contributed by atoms with Crippen molar-refractivity contribution in [2.45, 2.75) is 6.92 Å². The molecule has 0 aliphatic heterocycles. The topological polar surface area (TPSA) is 71.8 Å². The van der Waals surface area contributed by atoms with Crippen molar-refractivity contribution < 1.29 is 0 Å². The number of nitrogens with two attached hydrogens (primary N) is 1. The van der Waals surface area contributed by atoms with E-state index in [2.05, 4.69) is 9.97 Å². The van der Waals surface area contributed by atoms with E-state index in [9.17, 15) is 4.79 Å². The molecule has 0 amide bonds. The third-order valence-corrected chi connectivity index (χ3v) is 2.11. The Kier molecular flexibility index (Phi) is 2.25. The standard InChI is InChI=1S/C11H11N3O/c1-7-2-4-8(5-3-7)9-6-10(15)14-11(12)13-9/h2-6H,1H3,(H3,12,13,14,15). The Labute approximate surface area is 86.8 Å². The first kappa shape index (κ1) is 9.45. The van der Waals surface area contributed by atoms with E-state index in [-0.39, 0.29) is 11.5 Å². The van der Waals surface area contributed by atoms with Crippen LogP contribution in [-0.4, -0.2) is 9.97 Å². The Morgan fingerprint density at radius 2 is 1.93 bits per heavy atom. The molecule has 0 atom stereocenters. The fourth-order valence-corrected chi connectivity index (χ4v) is 1.35. The van der Waals surface area contributed by atoms with Gasteiger partial charge in [0, 0.05) is 11.6 Å². The zero-order valence-corrected chi connectivity index (χ0v) is 8.32. The van der Waals surface area contributed by atoms with Gasteiger partial charge in [-0.1, -0.05) is 29.8 Å². The van der Waals surface area contributed by atoms with Crippen molar-refractivity contribution in [3.63, 3.8) is 0 Å². The fraction of sp³-hybridized carbons (Fsp3) is 0.0909. The Bertz CT molecular complexity index is 528. The molecule has 3 N–H and O–H groups in total. The van der Waals surface area contributed by atoms with Gasteiger partial charge in [-0.15, -0.1) is 0 Å². The summed E-state index contributed by atoms with van der Waals surface area (Å²) in [6, 6.07) is 9.19. The molecule has 76 valence electrons. The second-order valence-corrected chi connectivity index (χ2v) is 3.38. The van der Waals surface area contributed by atoms with Gasteiger partial charge < -0.3 is 5.73 Å². The number of nitrogens with one attached hydrogen (secondary N) is 1. The minimum Gasteiger partial charge on any atom is -0.369 e. The second kappa shape index (κ2) is 3.57. The summed E-state index contributed by atoms with van der Waals surface area (Å²) < 4.78 is 0. The van der Waals surface area contributed by atoms with E-state index >= 15 is 0 Å². The molecule has 15 heavy (non-hydrogen) atoms. The number of nitrogens with zero attached hydrogens (tertiary/aromatic N) is 1. The van der Waals surface area contributed by atoms with Gasteiger partial charge in [0.05, 0.1) is 5.69 Å². The van der Waals surface area contributed by atoms with Crippen LogP contribution in [0.15, 0.2) is 35.1 Å². The molecule has 0 spiro atoms. The largest absolute Gasteiger partial charge is 0.369 e. The highest BCUT2D eigenvalue weighted by atomic mass is 16.1. The van der Waals surface area contributed by atoms with Crippen LogP contribution >= 0.6 is 0 Å². The quantitative estimate of drug-likeness (QED) is 0.731. The van der Waals surface area contributed by atoms with E-state index in [0.29, 0.717) is 5.69 Å². The number of rotatable bonds is 1. The van der Waals surface area contributed by atoms with Gasteiger partial charge in [-0.3, -0.25) is 9.78 Å². The van der Waals surface area contributed by atoms with E-state index in [4.69, 9.17) is 5.73 Å². The minimum absolute atomic E-state index is 0.137. The molecule has 0 radical (unpaired) electrons. The first-order valence-electron chi connectivity index (χ1n) is 4.59. The summed E-state index contributed by atoms with van der Waals surface area (Å²) in [5, 5.41) is 0. The molecule has 1 aromatic heterocycles. The summed E-state index contributed by atoms with van der Waals surface area (Å²) in [5.74, 6) is 0.137. The Hall–Kier alpha value is -2.10. The van der Waals surface area contributed by atoms with E-state index in [0.717, 1.165) is 11.1 Å². The predicted octanol–water partition coefficient (Wildman–Crippen LogP) is 1.33. The first-order valence-corrected chi connectivity index (χ1v) is 4.59. The Balaban J connectivity index is 2.54. The molecule has 1 heterocycles. The maximum absolute atomic E-state index is 11.2. The SMILES string of the molecule is Cc1ccc(-c2cc(=O)[nH]c(N)n2)cc1. The average Bonchev–Trinajstić information content (AvgIpc) is 2.17. The van der Waals surface area contributed by atoms with Crippen molar-refractivity contribution in [3.8, 4) is 11.3 Å². The molecule has 0 saturated heterocycles. The maximum Gasteiger partial charge on any atom is 0.252 e. The monoisotopic (exact) mass is 201 g/mol. The van der Waals surface area contributed by atoms with Crippen LogP contribution in [0.2, 0.25) is 0 Å². The molecule has 0 aliphatic rings. The van der Waals surface area contributed by atoms with Crippen LogP contribution in [-0.2, 0) is 0 Å². The van der Waals surface area contributed by atoms with Gasteiger partial charge in [-0.05, 0) is 6.92 Å². The van der Waals surface area contributed by atoms with Crippen LogP contribution in [0.25, 0.3) is 11.3 Å². The van der Waals surface area contributed by atoms with Gasteiger partial charge >= 0.3 is 0 Å². The van der Waals surface area contributed by atoms with Crippen LogP contribution in [0.5, 0.6) is 0 Å². The lowest BCUT2D eigenvalue weighted by atomic mass is 10.1. The lowest BCUT2D eigenvalue weighted by Crippen LogP contribution is -2.10. The molecule has 1 aromatic carbocycles. The molecule has 0 unspecified atom stereocenters. The molecule has 0 bridgehead atoms. The van der Waals surface area contributed by atoms with Gasteiger partial charge in [0.1, 0.15) is 0 Å². The summed E-state index contributed by atoms with van der Waals surface area (Å²) in [6.45, 7) is 2.00. The van der Waals surface area contributed by atoms with Crippen LogP contribution in [0.1, 0.15) is 5.56 Å². The number of nitrogen functional groups attached to an aromatic ring is 1. The summed E-state index contributed by atoms with van der Waals surface area (Å²) in [6.07, 6.45) is 0. The summed E-state index contributed by atoms with van der Waals surface area (Å²) in [5.41, 5.74) is 7.87. The molecule has 0 fully saturated rings. The smallest absolute Gasteiger partial charge is 0.252 e. The number of aryl methyl sites for hydroxylation is 1.